The highest BCUT2D eigenvalue weighted by atomic mass is 127. The van der Waals surface area contributed by atoms with Crippen LogP contribution in [0.2, 0.25) is 0 Å². The molecule has 27 heavy (non-hydrogen) atoms. The molecule has 0 aliphatic carbocycles. The zero-order valence-corrected chi connectivity index (χ0v) is 18.3. The van der Waals surface area contributed by atoms with E-state index < -0.39 is 0 Å². The van der Waals surface area contributed by atoms with Gasteiger partial charge in [0.05, 0.1) is 0 Å². The van der Waals surface area contributed by atoms with Gasteiger partial charge in [-0.25, -0.2) is 0 Å². The highest BCUT2D eigenvalue weighted by Gasteiger charge is 2.04. The van der Waals surface area contributed by atoms with E-state index in [0.717, 1.165) is 31.9 Å². The zero-order valence-electron chi connectivity index (χ0n) is 16.0. The molecule has 3 N–H and O–H groups in total. The van der Waals surface area contributed by atoms with E-state index in [2.05, 4.69) is 52.1 Å². The SMILES string of the molecule is CCc1ccccc1CNC(=NC)NCCCNC(=O)c1ccccc1.I. The Balaban J connectivity index is 0.00000364. The number of aryl methyl sites for hydroxylation is 1. The molecular weight excluding hydrogens is 451 g/mol. The van der Waals surface area contributed by atoms with E-state index in [9.17, 15) is 4.79 Å². The summed E-state index contributed by atoms with van der Waals surface area (Å²) < 4.78 is 0. The van der Waals surface area contributed by atoms with Crippen molar-refractivity contribution in [2.45, 2.75) is 26.3 Å². The van der Waals surface area contributed by atoms with Crippen LogP contribution >= 0.6 is 24.0 Å². The van der Waals surface area contributed by atoms with Crippen LogP contribution in [0, 0.1) is 0 Å². The quantitative estimate of drug-likeness (QED) is 0.235. The van der Waals surface area contributed by atoms with Crippen molar-refractivity contribution >= 4 is 35.8 Å². The molecular formula is C21H29IN4O. The number of halogens is 1. The first kappa shape index (κ1) is 23.0. The van der Waals surface area contributed by atoms with Crippen molar-refractivity contribution in [3.05, 3.63) is 71.3 Å². The first-order chi connectivity index (χ1) is 12.7. The molecule has 2 rings (SSSR count). The lowest BCUT2D eigenvalue weighted by atomic mass is 10.1. The summed E-state index contributed by atoms with van der Waals surface area (Å²) in [6.45, 7) is 4.27. The zero-order chi connectivity index (χ0) is 18.6. The fourth-order valence-corrected chi connectivity index (χ4v) is 2.66. The monoisotopic (exact) mass is 480 g/mol. The smallest absolute Gasteiger partial charge is 0.251 e. The number of hydrogen-bond donors (Lipinski definition) is 3. The maximum absolute atomic E-state index is 12.0. The summed E-state index contributed by atoms with van der Waals surface area (Å²) in [5.41, 5.74) is 3.32. The molecule has 0 fully saturated rings. The third-order valence-corrected chi connectivity index (χ3v) is 4.14. The second-order valence-electron chi connectivity index (χ2n) is 5.95. The number of aliphatic imine (C=N–C) groups is 1. The Labute approximate surface area is 179 Å². The second kappa shape index (κ2) is 13.1. The number of nitrogens with zero attached hydrogens (tertiary/aromatic N) is 1. The Hall–Kier alpha value is -2.09. The number of nitrogens with one attached hydrogen (secondary N) is 3. The molecule has 0 aromatic heterocycles. The molecule has 0 unspecified atom stereocenters. The number of hydrogen-bond acceptors (Lipinski definition) is 2. The van der Waals surface area contributed by atoms with Crippen molar-refractivity contribution in [2.24, 2.45) is 4.99 Å². The van der Waals surface area contributed by atoms with Gasteiger partial charge in [-0.2, -0.15) is 0 Å². The number of guanidine groups is 1. The summed E-state index contributed by atoms with van der Waals surface area (Å²) in [6, 6.07) is 17.7. The van der Waals surface area contributed by atoms with Gasteiger partial charge in [0, 0.05) is 32.2 Å². The maximum atomic E-state index is 12.0. The van der Waals surface area contributed by atoms with Gasteiger partial charge in [-0.1, -0.05) is 49.4 Å². The molecule has 2 aromatic rings. The Morgan fingerprint density at radius 3 is 2.19 bits per heavy atom. The highest BCUT2D eigenvalue weighted by Crippen LogP contribution is 2.08. The van der Waals surface area contributed by atoms with Crippen LogP contribution in [-0.4, -0.2) is 32.0 Å². The van der Waals surface area contributed by atoms with Crippen molar-refractivity contribution in [3.8, 4) is 0 Å². The molecule has 0 radical (unpaired) electrons. The lowest BCUT2D eigenvalue weighted by Crippen LogP contribution is -2.38. The number of benzene rings is 2. The minimum absolute atomic E-state index is 0. The van der Waals surface area contributed by atoms with Crippen LogP contribution in [0.3, 0.4) is 0 Å². The van der Waals surface area contributed by atoms with E-state index >= 15 is 0 Å². The topological polar surface area (TPSA) is 65.5 Å². The van der Waals surface area contributed by atoms with E-state index in [0.29, 0.717) is 12.1 Å². The van der Waals surface area contributed by atoms with Crippen molar-refractivity contribution in [3.63, 3.8) is 0 Å². The fourth-order valence-electron chi connectivity index (χ4n) is 2.66. The van der Waals surface area contributed by atoms with Gasteiger partial charge in [-0.05, 0) is 36.1 Å². The minimum atomic E-state index is -0.0377. The Kier molecular flexibility index (Phi) is 11.2. The lowest BCUT2D eigenvalue weighted by Gasteiger charge is -2.14. The fraction of sp³-hybridized carbons (Fsp3) is 0.333. The van der Waals surface area contributed by atoms with Crippen molar-refractivity contribution < 1.29 is 4.79 Å². The van der Waals surface area contributed by atoms with Crippen molar-refractivity contribution in [2.75, 3.05) is 20.1 Å². The third-order valence-electron chi connectivity index (χ3n) is 4.14. The van der Waals surface area contributed by atoms with Crippen molar-refractivity contribution in [1.82, 2.24) is 16.0 Å². The molecule has 0 bridgehead atoms. The largest absolute Gasteiger partial charge is 0.356 e. The van der Waals surface area contributed by atoms with E-state index in [1.807, 2.05) is 30.3 Å². The maximum Gasteiger partial charge on any atom is 0.251 e. The summed E-state index contributed by atoms with van der Waals surface area (Å²) in [4.78, 5) is 16.2. The first-order valence-electron chi connectivity index (χ1n) is 9.09. The van der Waals surface area contributed by atoms with Gasteiger partial charge in [-0.15, -0.1) is 24.0 Å². The first-order valence-corrected chi connectivity index (χ1v) is 9.09. The van der Waals surface area contributed by atoms with Gasteiger partial charge in [0.1, 0.15) is 0 Å². The Morgan fingerprint density at radius 1 is 0.889 bits per heavy atom. The van der Waals surface area contributed by atoms with Gasteiger partial charge in [0.25, 0.3) is 5.91 Å². The summed E-state index contributed by atoms with van der Waals surface area (Å²) in [5.74, 6) is 0.731. The predicted octanol–water partition coefficient (Wildman–Crippen LogP) is 3.35. The average Bonchev–Trinajstić information content (AvgIpc) is 2.70. The molecule has 0 aliphatic rings. The Morgan fingerprint density at radius 2 is 1.52 bits per heavy atom. The molecule has 0 aliphatic heterocycles. The highest BCUT2D eigenvalue weighted by molar-refractivity contribution is 14.0. The average molecular weight is 480 g/mol. The molecule has 6 heteroatoms. The van der Waals surface area contributed by atoms with Crippen LogP contribution < -0.4 is 16.0 Å². The van der Waals surface area contributed by atoms with Crippen molar-refractivity contribution in [1.29, 1.82) is 0 Å². The molecule has 2 aromatic carbocycles. The number of carbonyl (C=O) groups excluding carboxylic acids is 1. The normalized spacial score (nSPS) is 10.7. The van der Waals surface area contributed by atoms with Gasteiger partial charge in [0.15, 0.2) is 5.96 Å². The molecule has 5 nitrogen and oxygen atoms in total. The van der Waals surface area contributed by atoms with Gasteiger partial charge in [-0.3, -0.25) is 9.79 Å². The standard InChI is InChI=1S/C21H28N4O.HI/c1-3-17-10-7-8-13-19(17)16-25-21(22-2)24-15-9-14-23-20(26)18-11-5-4-6-12-18;/h4-8,10-13H,3,9,14-16H2,1-2H3,(H,23,26)(H2,22,24,25);1H. The second-order valence-corrected chi connectivity index (χ2v) is 5.95. The predicted molar refractivity (Wildman–Crippen MR) is 123 cm³/mol. The number of amides is 1. The van der Waals surface area contributed by atoms with E-state index in [1.165, 1.54) is 11.1 Å². The van der Waals surface area contributed by atoms with Crippen LogP contribution in [0.15, 0.2) is 59.6 Å². The molecule has 0 saturated heterocycles. The van der Waals surface area contributed by atoms with Gasteiger partial charge < -0.3 is 16.0 Å². The lowest BCUT2D eigenvalue weighted by molar-refractivity contribution is 0.0953. The molecule has 0 atom stereocenters. The van der Waals surface area contributed by atoms with E-state index in [-0.39, 0.29) is 29.9 Å². The molecule has 0 spiro atoms. The summed E-state index contributed by atoms with van der Waals surface area (Å²) >= 11 is 0. The minimum Gasteiger partial charge on any atom is -0.356 e. The van der Waals surface area contributed by atoms with Gasteiger partial charge in [0.2, 0.25) is 0 Å². The van der Waals surface area contributed by atoms with Crippen LogP contribution in [0.25, 0.3) is 0 Å². The molecule has 0 heterocycles. The number of carbonyl (C=O) groups is 1. The summed E-state index contributed by atoms with van der Waals surface area (Å²) in [7, 11) is 1.76. The van der Waals surface area contributed by atoms with Gasteiger partial charge >= 0.3 is 0 Å². The van der Waals surface area contributed by atoms with E-state index in [1.54, 1.807) is 7.05 Å². The summed E-state index contributed by atoms with van der Waals surface area (Å²) in [5, 5.41) is 9.54. The Bertz CT molecular complexity index is 719. The molecule has 146 valence electrons. The number of rotatable bonds is 8. The van der Waals surface area contributed by atoms with E-state index in [4.69, 9.17) is 0 Å². The van der Waals surface area contributed by atoms with Crippen LogP contribution in [-0.2, 0) is 13.0 Å². The van der Waals surface area contributed by atoms with Crippen LogP contribution in [0.5, 0.6) is 0 Å². The molecule has 1 amide bonds. The summed E-state index contributed by atoms with van der Waals surface area (Å²) in [6.07, 6.45) is 1.84. The van der Waals surface area contributed by atoms with Crippen LogP contribution in [0.4, 0.5) is 0 Å². The van der Waals surface area contributed by atoms with Crippen LogP contribution in [0.1, 0.15) is 34.8 Å². The third kappa shape index (κ3) is 7.99. The molecule has 0 saturated carbocycles.